The molecular formula is C22H31IN4O3. The summed E-state index contributed by atoms with van der Waals surface area (Å²) in [5.41, 5.74) is 1.65. The molecule has 1 heterocycles. The van der Waals surface area contributed by atoms with Gasteiger partial charge in [0.15, 0.2) is 5.96 Å². The Morgan fingerprint density at radius 1 is 1.13 bits per heavy atom. The molecular weight excluding hydrogens is 495 g/mol. The number of phenols is 1. The summed E-state index contributed by atoms with van der Waals surface area (Å²) in [5.74, 6) is 1.83. The predicted octanol–water partition coefficient (Wildman–Crippen LogP) is 2.84. The van der Waals surface area contributed by atoms with Crippen LogP contribution in [0.2, 0.25) is 0 Å². The number of rotatable bonds is 6. The lowest BCUT2D eigenvalue weighted by Crippen LogP contribution is -2.52. The number of hydrogen-bond donors (Lipinski definition) is 3. The third-order valence-corrected chi connectivity index (χ3v) is 5.03. The molecule has 30 heavy (non-hydrogen) atoms. The third-order valence-electron chi connectivity index (χ3n) is 5.03. The summed E-state index contributed by atoms with van der Waals surface area (Å²) in [4.78, 5) is 9.03. The number of phenolic OH excluding ortho intramolecular Hbond substituents is 1. The third kappa shape index (κ3) is 6.15. The van der Waals surface area contributed by atoms with Crippen LogP contribution in [-0.4, -0.2) is 67.5 Å². The molecule has 1 saturated heterocycles. The number of aliphatic imine (C=N–C) groups is 1. The molecule has 1 unspecified atom stereocenters. The summed E-state index contributed by atoms with van der Waals surface area (Å²) in [6.07, 6.45) is -0.693. The first-order chi connectivity index (χ1) is 14.1. The predicted molar refractivity (Wildman–Crippen MR) is 131 cm³/mol. The van der Waals surface area contributed by atoms with Crippen molar-refractivity contribution in [3.63, 3.8) is 0 Å². The molecule has 0 saturated carbocycles. The van der Waals surface area contributed by atoms with Crippen molar-refractivity contribution in [3.8, 4) is 11.5 Å². The van der Waals surface area contributed by atoms with Crippen LogP contribution in [0.5, 0.6) is 11.5 Å². The molecule has 7 nitrogen and oxygen atoms in total. The molecule has 0 amide bonds. The van der Waals surface area contributed by atoms with Gasteiger partial charge < -0.3 is 30.1 Å². The number of aromatic hydroxyl groups is 1. The van der Waals surface area contributed by atoms with Gasteiger partial charge in [0.2, 0.25) is 0 Å². The largest absolute Gasteiger partial charge is 0.506 e. The molecule has 8 heteroatoms. The maximum Gasteiger partial charge on any atom is 0.194 e. The molecule has 0 aliphatic carbocycles. The van der Waals surface area contributed by atoms with Gasteiger partial charge in [-0.1, -0.05) is 24.3 Å². The minimum Gasteiger partial charge on any atom is -0.506 e. The van der Waals surface area contributed by atoms with Gasteiger partial charge in [0.1, 0.15) is 11.5 Å². The normalized spacial score (nSPS) is 15.4. The number of aliphatic hydroxyl groups excluding tert-OH is 1. The molecule has 2 aromatic rings. The smallest absolute Gasteiger partial charge is 0.194 e. The molecule has 1 aliphatic rings. The number of ether oxygens (including phenoxy) is 1. The SMILES string of the molecule is CCNC(=NCC(O)c1cccc(OC)c1)N1CCN(c2ccccc2O)CC1.I. The number of anilines is 1. The highest BCUT2D eigenvalue weighted by Gasteiger charge is 2.21. The van der Waals surface area contributed by atoms with E-state index >= 15 is 0 Å². The van der Waals surface area contributed by atoms with Gasteiger partial charge in [-0.25, -0.2) is 0 Å². The molecule has 0 radical (unpaired) electrons. The molecule has 1 fully saturated rings. The number of guanidine groups is 1. The quantitative estimate of drug-likeness (QED) is 0.305. The van der Waals surface area contributed by atoms with Crippen LogP contribution in [0.25, 0.3) is 0 Å². The first-order valence-electron chi connectivity index (χ1n) is 10.0. The molecule has 3 rings (SSSR count). The number of para-hydroxylation sites is 2. The summed E-state index contributed by atoms with van der Waals surface area (Å²) in [7, 11) is 1.61. The van der Waals surface area contributed by atoms with Crippen LogP contribution in [-0.2, 0) is 0 Å². The van der Waals surface area contributed by atoms with E-state index < -0.39 is 6.10 Å². The van der Waals surface area contributed by atoms with E-state index in [0.717, 1.165) is 55.7 Å². The topological polar surface area (TPSA) is 80.6 Å². The minimum atomic E-state index is -0.693. The molecule has 0 bridgehead atoms. The van der Waals surface area contributed by atoms with E-state index in [4.69, 9.17) is 4.74 Å². The fourth-order valence-electron chi connectivity index (χ4n) is 3.44. The van der Waals surface area contributed by atoms with Gasteiger partial charge in [0.05, 0.1) is 25.4 Å². The Kier molecular flexibility index (Phi) is 9.51. The average Bonchev–Trinajstić information content (AvgIpc) is 2.77. The van der Waals surface area contributed by atoms with Gasteiger partial charge in [-0.15, -0.1) is 24.0 Å². The van der Waals surface area contributed by atoms with Crippen molar-refractivity contribution in [2.45, 2.75) is 13.0 Å². The van der Waals surface area contributed by atoms with Crippen LogP contribution in [0.4, 0.5) is 5.69 Å². The molecule has 1 atom stereocenters. The van der Waals surface area contributed by atoms with Crippen LogP contribution >= 0.6 is 24.0 Å². The van der Waals surface area contributed by atoms with Crippen molar-refractivity contribution in [2.75, 3.05) is 51.3 Å². The summed E-state index contributed by atoms with van der Waals surface area (Å²) < 4.78 is 5.23. The van der Waals surface area contributed by atoms with E-state index in [9.17, 15) is 10.2 Å². The Labute approximate surface area is 195 Å². The van der Waals surface area contributed by atoms with Gasteiger partial charge in [-0.2, -0.15) is 0 Å². The number of benzene rings is 2. The molecule has 2 aromatic carbocycles. The maximum absolute atomic E-state index is 10.5. The van der Waals surface area contributed by atoms with E-state index in [1.54, 1.807) is 13.2 Å². The Bertz CT molecular complexity index is 826. The monoisotopic (exact) mass is 526 g/mol. The molecule has 164 valence electrons. The highest BCUT2D eigenvalue weighted by Crippen LogP contribution is 2.27. The van der Waals surface area contributed by atoms with Crippen molar-refractivity contribution >= 4 is 35.6 Å². The second-order valence-electron chi connectivity index (χ2n) is 6.95. The standard InChI is InChI=1S/C22H30N4O3.HI/c1-3-23-22(24-16-21(28)17-7-6-8-18(15-17)29-2)26-13-11-25(12-14-26)19-9-4-5-10-20(19)27;/h4-10,15,21,27-28H,3,11-14,16H2,1-2H3,(H,23,24);1H. The minimum absolute atomic E-state index is 0. The number of piperazine rings is 1. The second-order valence-corrected chi connectivity index (χ2v) is 6.95. The van der Waals surface area contributed by atoms with Crippen LogP contribution in [0.1, 0.15) is 18.6 Å². The number of halogens is 1. The Morgan fingerprint density at radius 2 is 1.87 bits per heavy atom. The highest BCUT2D eigenvalue weighted by molar-refractivity contribution is 14.0. The van der Waals surface area contributed by atoms with Gasteiger partial charge in [-0.05, 0) is 36.8 Å². The first-order valence-corrected chi connectivity index (χ1v) is 10.0. The van der Waals surface area contributed by atoms with E-state index in [2.05, 4.69) is 20.1 Å². The molecule has 0 spiro atoms. The highest BCUT2D eigenvalue weighted by atomic mass is 127. The van der Waals surface area contributed by atoms with E-state index in [1.165, 1.54) is 0 Å². The van der Waals surface area contributed by atoms with Crippen molar-refractivity contribution in [1.29, 1.82) is 0 Å². The second kappa shape index (κ2) is 11.8. The van der Waals surface area contributed by atoms with Crippen molar-refractivity contribution in [1.82, 2.24) is 10.2 Å². The van der Waals surface area contributed by atoms with E-state index in [1.807, 2.05) is 49.4 Å². The summed E-state index contributed by atoms with van der Waals surface area (Å²) >= 11 is 0. The van der Waals surface area contributed by atoms with Crippen molar-refractivity contribution in [2.24, 2.45) is 4.99 Å². The van der Waals surface area contributed by atoms with Gasteiger partial charge in [0.25, 0.3) is 0 Å². The van der Waals surface area contributed by atoms with Crippen LogP contribution < -0.4 is 15.0 Å². The summed E-state index contributed by atoms with van der Waals surface area (Å²) in [6, 6.07) is 14.9. The molecule has 3 N–H and O–H groups in total. The Morgan fingerprint density at radius 3 is 2.53 bits per heavy atom. The van der Waals surface area contributed by atoms with Crippen molar-refractivity contribution in [3.05, 3.63) is 54.1 Å². The Hall–Kier alpha value is -2.20. The van der Waals surface area contributed by atoms with Crippen molar-refractivity contribution < 1.29 is 14.9 Å². The number of nitrogens with zero attached hydrogens (tertiary/aromatic N) is 3. The zero-order valence-corrected chi connectivity index (χ0v) is 19.8. The van der Waals surface area contributed by atoms with Crippen LogP contribution in [0.15, 0.2) is 53.5 Å². The average molecular weight is 526 g/mol. The number of nitrogens with one attached hydrogen (secondary N) is 1. The van der Waals surface area contributed by atoms with Crippen LogP contribution in [0.3, 0.4) is 0 Å². The van der Waals surface area contributed by atoms with Gasteiger partial charge >= 0.3 is 0 Å². The number of aliphatic hydroxyl groups is 1. The lowest BCUT2D eigenvalue weighted by atomic mass is 10.1. The fourth-order valence-corrected chi connectivity index (χ4v) is 3.44. The zero-order valence-electron chi connectivity index (χ0n) is 17.5. The first kappa shape index (κ1) is 24.1. The van der Waals surface area contributed by atoms with E-state index in [0.29, 0.717) is 5.75 Å². The summed E-state index contributed by atoms with van der Waals surface area (Å²) in [5, 5.41) is 23.9. The maximum atomic E-state index is 10.5. The summed E-state index contributed by atoms with van der Waals surface area (Å²) in [6.45, 7) is 6.22. The van der Waals surface area contributed by atoms with Gasteiger partial charge in [-0.3, -0.25) is 4.99 Å². The lowest BCUT2D eigenvalue weighted by molar-refractivity contribution is 0.186. The lowest BCUT2D eigenvalue weighted by Gasteiger charge is -2.38. The number of methoxy groups -OCH3 is 1. The molecule has 1 aliphatic heterocycles. The molecule has 0 aromatic heterocycles. The fraction of sp³-hybridized carbons (Fsp3) is 0.409. The van der Waals surface area contributed by atoms with E-state index in [-0.39, 0.29) is 30.5 Å². The zero-order chi connectivity index (χ0) is 20.6. The Balaban J connectivity index is 0.00000320. The van der Waals surface area contributed by atoms with Gasteiger partial charge in [0, 0.05) is 32.7 Å². The number of hydrogen-bond acceptors (Lipinski definition) is 5. The van der Waals surface area contributed by atoms with Crippen LogP contribution in [0, 0.1) is 0 Å².